The number of rotatable bonds is 4. The van der Waals surface area contributed by atoms with E-state index in [1.807, 2.05) is 11.9 Å². The minimum Gasteiger partial charge on any atom is -0.493 e. The molecule has 5 heteroatoms. The fourth-order valence-electron chi connectivity index (χ4n) is 1.28. The van der Waals surface area contributed by atoms with E-state index < -0.39 is 0 Å². The van der Waals surface area contributed by atoms with E-state index in [9.17, 15) is 0 Å². The highest BCUT2D eigenvalue weighted by Gasteiger charge is 2.12. The number of halogens is 3. The third kappa shape index (κ3) is 3.07. The summed E-state index contributed by atoms with van der Waals surface area (Å²) in [6.45, 7) is 0.703. The van der Waals surface area contributed by atoms with Crippen LogP contribution in [0.25, 0.3) is 0 Å². The van der Waals surface area contributed by atoms with Crippen molar-refractivity contribution in [2.45, 2.75) is 0 Å². The number of methoxy groups -OCH3 is 1. The molecule has 0 saturated heterocycles. The summed E-state index contributed by atoms with van der Waals surface area (Å²) in [5.41, 5.74) is 0.843. The number of hydrogen-bond acceptors (Lipinski definition) is 2. The molecular formula is C10H12Cl3NO. The number of benzene rings is 1. The predicted octanol–water partition coefficient (Wildman–Crippen LogP) is 3.68. The van der Waals surface area contributed by atoms with Crippen LogP contribution in [0.15, 0.2) is 12.1 Å². The predicted molar refractivity (Wildman–Crippen MR) is 67.0 cm³/mol. The largest absolute Gasteiger partial charge is 0.493 e. The van der Waals surface area contributed by atoms with E-state index in [1.165, 1.54) is 0 Å². The number of alkyl halides is 1. The summed E-state index contributed by atoms with van der Waals surface area (Å²) in [7, 11) is 3.49. The van der Waals surface area contributed by atoms with E-state index in [-0.39, 0.29) is 0 Å². The maximum atomic E-state index is 6.01. The molecule has 0 aliphatic heterocycles. The Morgan fingerprint density at radius 1 is 1.33 bits per heavy atom. The molecule has 0 aliphatic carbocycles. The van der Waals surface area contributed by atoms with Crippen LogP contribution in [0.4, 0.5) is 5.69 Å². The number of hydrogen-bond donors (Lipinski definition) is 0. The van der Waals surface area contributed by atoms with Crippen molar-refractivity contribution in [1.29, 1.82) is 0 Å². The summed E-state index contributed by atoms with van der Waals surface area (Å²) in [5.74, 6) is 1.15. The number of anilines is 1. The molecule has 0 amide bonds. The van der Waals surface area contributed by atoms with Crippen LogP contribution in [0.2, 0.25) is 10.0 Å². The summed E-state index contributed by atoms with van der Waals surface area (Å²) < 4.78 is 5.22. The van der Waals surface area contributed by atoms with Crippen LogP contribution in [0.3, 0.4) is 0 Å². The summed E-state index contributed by atoms with van der Waals surface area (Å²) >= 11 is 17.6. The molecule has 0 aromatic heterocycles. The zero-order valence-electron chi connectivity index (χ0n) is 8.56. The quantitative estimate of drug-likeness (QED) is 0.773. The Balaban J connectivity index is 3.13. The van der Waals surface area contributed by atoms with Gasteiger partial charge in [0.2, 0.25) is 0 Å². The van der Waals surface area contributed by atoms with Gasteiger partial charge in [0, 0.05) is 24.5 Å². The lowest BCUT2D eigenvalue weighted by Gasteiger charge is -2.21. The highest BCUT2D eigenvalue weighted by Crippen LogP contribution is 2.37. The molecule has 0 radical (unpaired) electrons. The third-order valence-electron chi connectivity index (χ3n) is 2.02. The molecule has 0 fully saturated rings. The summed E-state index contributed by atoms with van der Waals surface area (Å²) in [5, 5.41) is 1.08. The first-order valence-corrected chi connectivity index (χ1v) is 5.69. The summed E-state index contributed by atoms with van der Waals surface area (Å²) in [6, 6.07) is 3.46. The van der Waals surface area contributed by atoms with Crippen molar-refractivity contribution in [3.8, 4) is 5.75 Å². The highest BCUT2D eigenvalue weighted by atomic mass is 35.5. The van der Waals surface area contributed by atoms with Crippen molar-refractivity contribution >= 4 is 40.5 Å². The lowest BCUT2D eigenvalue weighted by molar-refractivity contribution is 0.415. The van der Waals surface area contributed by atoms with Gasteiger partial charge < -0.3 is 9.64 Å². The normalized spacial score (nSPS) is 10.2. The second-order valence-corrected chi connectivity index (χ2v) is 4.27. The Labute approximate surface area is 105 Å². The molecule has 0 saturated carbocycles. The molecule has 0 N–H and O–H groups in total. The Morgan fingerprint density at radius 3 is 2.53 bits per heavy atom. The fourth-order valence-corrected chi connectivity index (χ4v) is 2.09. The zero-order valence-corrected chi connectivity index (χ0v) is 10.8. The van der Waals surface area contributed by atoms with E-state index in [1.54, 1.807) is 19.2 Å². The van der Waals surface area contributed by atoms with E-state index in [4.69, 9.17) is 39.5 Å². The van der Waals surface area contributed by atoms with Gasteiger partial charge in [-0.25, -0.2) is 0 Å². The fraction of sp³-hybridized carbons (Fsp3) is 0.400. The molecule has 1 aromatic carbocycles. The van der Waals surface area contributed by atoms with Gasteiger partial charge in [-0.3, -0.25) is 0 Å². The molecule has 15 heavy (non-hydrogen) atoms. The number of nitrogens with zero attached hydrogens (tertiary/aromatic N) is 1. The van der Waals surface area contributed by atoms with Gasteiger partial charge in [0.15, 0.2) is 5.75 Å². The van der Waals surface area contributed by atoms with Crippen LogP contribution in [0.5, 0.6) is 5.75 Å². The highest BCUT2D eigenvalue weighted by molar-refractivity contribution is 6.36. The first-order valence-electron chi connectivity index (χ1n) is 4.40. The molecular weight excluding hydrogens is 256 g/mol. The average Bonchev–Trinajstić information content (AvgIpc) is 2.17. The molecule has 84 valence electrons. The molecule has 0 spiro atoms. The second-order valence-electron chi connectivity index (χ2n) is 3.05. The first kappa shape index (κ1) is 12.8. The van der Waals surface area contributed by atoms with E-state index >= 15 is 0 Å². The molecule has 0 aliphatic rings. The molecule has 0 heterocycles. The van der Waals surface area contributed by atoms with Crippen molar-refractivity contribution in [2.24, 2.45) is 0 Å². The molecule has 0 unspecified atom stereocenters. The van der Waals surface area contributed by atoms with Gasteiger partial charge in [-0.15, -0.1) is 11.6 Å². The van der Waals surface area contributed by atoms with Crippen molar-refractivity contribution < 1.29 is 4.74 Å². The minimum atomic E-state index is 0.501. The maximum Gasteiger partial charge on any atom is 0.160 e. The maximum absolute atomic E-state index is 6.01. The van der Waals surface area contributed by atoms with Gasteiger partial charge in [0.05, 0.1) is 17.8 Å². The van der Waals surface area contributed by atoms with Crippen LogP contribution in [0.1, 0.15) is 0 Å². The Morgan fingerprint density at radius 2 is 2.00 bits per heavy atom. The van der Waals surface area contributed by atoms with Gasteiger partial charge in [-0.1, -0.05) is 23.2 Å². The second kappa shape index (κ2) is 5.69. The van der Waals surface area contributed by atoms with Crippen LogP contribution >= 0.6 is 34.8 Å². The minimum absolute atomic E-state index is 0.501. The molecule has 0 atom stereocenters. The smallest absolute Gasteiger partial charge is 0.160 e. The first-order chi connectivity index (χ1) is 7.10. The van der Waals surface area contributed by atoms with Gasteiger partial charge in [-0.05, 0) is 12.1 Å². The summed E-state index contributed by atoms with van der Waals surface area (Å²) in [4.78, 5) is 1.95. The SMILES string of the molecule is COc1c(Cl)cc(Cl)cc1N(C)CCCl. The lowest BCUT2D eigenvalue weighted by Crippen LogP contribution is -2.20. The van der Waals surface area contributed by atoms with Crippen molar-refractivity contribution in [1.82, 2.24) is 0 Å². The van der Waals surface area contributed by atoms with Gasteiger partial charge in [0.1, 0.15) is 0 Å². The molecule has 1 aromatic rings. The Kier molecular flexibility index (Phi) is 4.84. The van der Waals surface area contributed by atoms with Gasteiger partial charge in [0.25, 0.3) is 0 Å². The standard InChI is InChI=1S/C10H12Cl3NO/c1-14(4-3-11)9-6-7(12)5-8(13)10(9)15-2/h5-6H,3-4H2,1-2H3. The van der Waals surface area contributed by atoms with Crippen molar-refractivity contribution in [3.63, 3.8) is 0 Å². The lowest BCUT2D eigenvalue weighted by atomic mass is 10.2. The molecule has 0 bridgehead atoms. The van der Waals surface area contributed by atoms with Crippen LogP contribution < -0.4 is 9.64 Å². The van der Waals surface area contributed by atoms with Gasteiger partial charge in [-0.2, -0.15) is 0 Å². The Bertz CT molecular complexity index is 344. The number of ether oxygens (including phenoxy) is 1. The Hall–Kier alpha value is -0.310. The van der Waals surface area contributed by atoms with Crippen molar-refractivity contribution in [3.05, 3.63) is 22.2 Å². The van der Waals surface area contributed by atoms with Crippen LogP contribution in [-0.2, 0) is 0 Å². The van der Waals surface area contributed by atoms with E-state index in [0.717, 1.165) is 5.69 Å². The zero-order chi connectivity index (χ0) is 11.4. The molecule has 1 rings (SSSR count). The molecule has 2 nitrogen and oxygen atoms in total. The van der Waals surface area contributed by atoms with Crippen LogP contribution in [-0.4, -0.2) is 26.6 Å². The van der Waals surface area contributed by atoms with E-state index in [2.05, 4.69) is 0 Å². The van der Waals surface area contributed by atoms with Gasteiger partial charge >= 0.3 is 0 Å². The topological polar surface area (TPSA) is 12.5 Å². The van der Waals surface area contributed by atoms with Crippen molar-refractivity contribution in [2.75, 3.05) is 31.5 Å². The monoisotopic (exact) mass is 267 g/mol. The van der Waals surface area contributed by atoms with Crippen LogP contribution in [0, 0.1) is 0 Å². The average molecular weight is 269 g/mol. The van der Waals surface area contributed by atoms with E-state index in [0.29, 0.717) is 28.2 Å². The third-order valence-corrected chi connectivity index (χ3v) is 2.69. The summed E-state index contributed by atoms with van der Waals surface area (Å²) in [6.07, 6.45) is 0.